The Balaban J connectivity index is 1.31. The van der Waals surface area contributed by atoms with Crippen molar-refractivity contribution in [2.45, 2.75) is 38.1 Å². The summed E-state index contributed by atoms with van der Waals surface area (Å²) < 4.78 is 1.99. The lowest BCUT2D eigenvalue weighted by Gasteiger charge is -2.23. The molecule has 0 spiro atoms. The predicted octanol–water partition coefficient (Wildman–Crippen LogP) is 4.03. The number of carbonyl (C=O) groups excluding carboxylic acids is 2. The van der Waals surface area contributed by atoms with Crippen LogP contribution in [0.25, 0.3) is 32.9 Å². The van der Waals surface area contributed by atoms with E-state index in [0.29, 0.717) is 20.4 Å². The van der Waals surface area contributed by atoms with Gasteiger partial charge in [-0.3, -0.25) is 19.0 Å². The van der Waals surface area contributed by atoms with Crippen LogP contribution in [0.3, 0.4) is 0 Å². The summed E-state index contributed by atoms with van der Waals surface area (Å²) in [5, 5.41) is 17.4. The average molecular weight is 666 g/mol. The van der Waals surface area contributed by atoms with Crippen LogP contribution in [0.1, 0.15) is 24.9 Å². The first kappa shape index (κ1) is 30.4. The van der Waals surface area contributed by atoms with E-state index in [4.69, 9.17) is 17.3 Å². The van der Waals surface area contributed by atoms with Gasteiger partial charge in [-0.1, -0.05) is 35.9 Å². The monoisotopic (exact) mass is 664 g/mol. The maximum atomic E-state index is 12.9. The fraction of sp³-hybridized carbons (Fsp3) is 0.226. The smallest absolute Gasteiger partial charge is 0.261 e. The molecule has 0 aliphatic heterocycles. The van der Waals surface area contributed by atoms with E-state index in [-0.39, 0.29) is 31.0 Å². The zero-order valence-electron chi connectivity index (χ0n) is 23.2. The molecule has 10 nitrogen and oxygen atoms in total. The summed E-state index contributed by atoms with van der Waals surface area (Å²) in [6.07, 6.45) is 2.22. The number of nitrogens with two attached hydrogens (primary N) is 1. The minimum absolute atomic E-state index is 0.00191. The fourth-order valence-electron chi connectivity index (χ4n) is 4.75. The lowest BCUT2D eigenvalue weighted by molar-refractivity contribution is -0.126. The zero-order chi connectivity index (χ0) is 30.7. The molecule has 0 saturated carbocycles. The molecule has 5 rings (SSSR count). The van der Waals surface area contributed by atoms with E-state index in [1.807, 2.05) is 48.7 Å². The van der Waals surface area contributed by atoms with Crippen LogP contribution in [0, 0.1) is 0 Å². The Morgan fingerprint density at radius 2 is 1.93 bits per heavy atom. The van der Waals surface area contributed by atoms with Gasteiger partial charge in [0.15, 0.2) is 0 Å². The number of nitrogens with one attached hydrogen (secondary N) is 3. The van der Waals surface area contributed by atoms with Gasteiger partial charge in [0, 0.05) is 35.7 Å². The number of halogens is 2. The van der Waals surface area contributed by atoms with Gasteiger partial charge < -0.3 is 26.5 Å². The Bertz CT molecular complexity index is 1870. The van der Waals surface area contributed by atoms with Gasteiger partial charge in [-0.15, -0.1) is 0 Å². The number of hydrogen-bond donors (Lipinski definition) is 5. The van der Waals surface area contributed by atoms with E-state index in [0.717, 1.165) is 27.6 Å². The quantitative estimate of drug-likeness (QED) is 0.152. The maximum absolute atomic E-state index is 12.9. The maximum Gasteiger partial charge on any atom is 0.261 e. The lowest BCUT2D eigenvalue weighted by atomic mass is 9.98. The molecule has 0 unspecified atom stereocenters. The van der Waals surface area contributed by atoms with Crippen molar-refractivity contribution in [3.05, 3.63) is 98.6 Å². The molecular weight excluding hydrogens is 636 g/mol. The summed E-state index contributed by atoms with van der Waals surface area (Å²) in [4.78, 5) is 46.1. The van der Waals surface area contributed by atoms with E-state index in [2.05, 4.69) is 42.6 Å². The van der Waals surface area contributed by atoms with Gasteiger partial charge in [0.2, 0.25) is 11.8 Å². The second kappa shape index (κ2) is 13.1. The molecule has 3 atom stereocenters. The number of aliphatic hydroxyl groups is 1. The summed E-state index contributed by atoms with van der Waals surface area (Å²) in [6.45, 7) is 1.60. The molecule has 0 bridgehead atoms. The van der Waals surface area contributed by atoms with E-state index >= 15 is 0 Å². The highest BCUT2D eigenvalue weighted by Crippen LogP contribution is 2.27. The standard InChI is InChI=1S/C31H30BrClN6O4/c1-17(40)29(34)30(42)38-27(20-4-2-3-18(11-20)19-5-6-25-21(12-19)7-9-35-25)15-36-28(41)8-10-39-16-37-26-14-23(32)24(33)13-22(26)31(39)43/h2-7,9,11-14,16-17,27,29,35,40H,8,10,15,34H2,1H3,(H,36,41)(H,38,42)/t17-,27-,29+/m1/s1. The minimum Gasteiger partial charge on any atom is -0.391 e. The predicted molar refractivity (Wildman–Crippen MR) is 171 cm³/mol. The summed E-state index contributed by atoms with van der Waals surface area (Å²) in [5.41, 5.74) is 9.77. The molecule has 43 heavy (non-hydrogen) atoms. The molecular formula is C31H30BrClN6O4. The first-order valence-corrected chi connectivity index (χ1v) is 14.8. The van der Waals surface area contributed by atoms with Gasteiger partial charge in [-0.25, -0.2) is 4.98 Å². The molecule has 222 valence electrons. The molecule has 2 aromatic heterocycles. The van der Waals surface area contributed by atoms with Crippen molar-refractivity contribution in [1.29, 1.82) is 0 Å². The molecule has 2 heterocycles. The molecule has 0 aliphatic carbocycles. The van der Waals surface area contributed by atoms with Gasteiger partial charge in [0.1, 0.15) is 6.04 Å². The summed E-state index contributed by atoms with van der Waals surface area (Å²) in [7, 11) is 0. The second-order valence-electron chi connectivity index (χ2n) is 10.3. The molecule has 6 N–H and O–H groups in total. The number of aromatic nitrogens is 3. The van der Waals surface area contributed by atoms with Crippen LogP contribution in [-0.4, -0.2) is 50.1 Å². The first-order chi connectivity index (χ1) is 20.6. The summed E-state index contributed by atoms with van der Waals surface area (Å²) in [6, 6.07) is 17.2. The summed E-state index contributed by atoms with van der Waals surface area (Å²) >= 11 is 9.48. The third kappa shape index (κ3) is 6.97. The second-order valence-corrected chi connectivity index (χ2v) is 11.6. The summed E-state index contributed by atoms with van der Waals surface area (Å²) in [5.74, 6) is -0.874. The van der Waals surface area contributed by atoms with Crippen molar-refractivity contribution in [1.82, 2.24) is 25.2 Å². The normalized spacial score (nSPS) is 13.5. The fourth-order valence-corrected chi connectivity index (χ4v) is 5.24. The number of aromatic amines is 1. The number of nitrogens with zero attached hydrogens (tertiary/aromatic N) is 2. The molecule has 12 heteroatoms. The SMILES string of the molecule is C[C@@H](O)[C@H](N)C(=O)N[C@H](CNC(=O)CCn1cnc2cc(Br)c(Cl)cc2c1=O)c1cccc(-c2ccc3[nH]ccc3c2)c1. The Hall–Kier alpha value is -4.03. The van der Waals surface area contributed by atoms with Crippen LogP contribution in [-0.2, 0) is 16.1 Å². The van der Waals surface area contributed by atoms with Crippen molar-refractivity contribution in [3.63, 3.8) is 0 Å². The van der Waals surface area contributed by atoms with Crippen LogP contribution < -0.4 is 21.9 Å². The van der Waals surface area contributed by atoms with Crippen LogP contribution >= 0.6 is 27.5 Å². The minimum atomic E-state index is -1.14. The third-order valence-corrected chi connectivity index (χ3v) is 8.46. The van der Waals surface area contributed by atoms with Gasteiger partial charge in [0.05, 0.1) is 34.4 Å². The number of aryl methyl sites for hydroxylation is 1. The van der Waals surface area contributed by atoms with Gasteiger partial charge in [0.25, 0.3) is 5.56 Å². The Morgan fingerprint density at radius 3 is 2.72 bits per heavy atom. The number of fused-ring (bicyclic) bond motifs is 2. The largest absolute Gasteiger partial charge is 0.391 e. The molecule has 0 radical (unpaired) electrons. The highest BCUT2D eigenvalue weighted by atomic mass is 79.9. The Kier molecular flexibility index (Phi) is 9.26. The molecule has 0 saturated heterocycles. The number of rotatable bonds is 10. The molecule has 3 aromatic carbocycles. The molecule has 0 fully saturated rings. The van der Waals surface area contributed by atoms with Crippen molar-refractivity contribution in [3.8, 4) is 11.1 Å². The van der Waals surface area contributed by atoms with Crippen LogP contribution in [0.2, 0.25) is 5.02 Å². The van der Waals surface area contributed by atoms with Crippen molar-refractivity contribution >= 4 is 61.2 Å². The van der Waals surface area contributed by atoms with Gasteiger partial charge in [-0.05, 0) is 81.3 Å². The van der Waals surface area contributed by atoms with Crippen molar-refractivity contribution in [2.24, 2.45) is 5.73 Å². The van der Waals surface area contributed by atoms with E-state index < -0.39 is 24.1 Å². The number of carbonyl (C=O) groups is 2. The van der Waals surface area contributed by atoms with Crippen LogP contribution in [0.4, 0.5) is 0 Å². The number of H-pyrrole nitrogens is 1. The Morgan fingerprint density at radius 1 is 1.14 bits per heavy atom. The van der Waals surface area contributed by atoms with Crippen LogP contribution in [0.15, 0.2) is 82.5 Å². The molecule has 2 amide bonds. The van der Waals surface area contributed by atoms with Gasteiger partial charge >= 0.3 is 0 Å². The van der Waals surface area contributed by atoms with Crippen molar-refractivity contribution < 1.29 is 14.7 Å². The van der Waals surface area contributed by atoms with Crippen LogP contribution in [0.5, 0.6) is 0 Å². The highest BCUT2D eigenvalue weighted by molar-refractivity contribution is 9.10. The average Bonchev–Trinajstić information content (AvgIpc) is 3.47. The highest BCUT2D eigenvalue weighted by Gasteiger charge is 2.23. The number of benzene rings is 3. The zero-order valence-corrected chi connectivity index (χ0v) is 25.5. The number of hydrogen-bond acceptors (Lipinski definition) is 6. The molecule has 0 aliphatic rings. The Labute approximate surface area is 260 Å². The van der Waals surface area contributed by atoms with Gasteiger partial charge in [-0.2, -0.15) is 0 Å². The molecule has 5 aromatic rings. The van der Waals surface area contributed by atoms with Crippen molar-refractivity contribution in [2.75, 3.05) is 6.54 Å². The topological polar surface area (TPSA) is 155 Å². The lowest BCUT2D eigenvalue weighted by Crippen LogP contribution is -2.49. The number of amides is 2. The van der Waals surface area contributed by atoms with E-state index in [1.165, 1.54) is 17.8 Å². The van der Waals surface area contributed by atoms with E-state index in [9.17, 15) is 19.5 Å². The third-order valence-electron chi connectivity index (χ3n) is 7.26. The first-order valence-electron chi connectivity index (χ1n) is 13.6. The number of aliphatic hydroxyl groups excluding tert-OH is 1. The van der Waals surface area contributed by atoms with E-state index in [1.54, 1.807) is 12.1 Å².